The first-order chi connectivity index (χ1) is 13.0. The number of imidazole rings is 1. The van der Waals surface area contributed by atoms with Gasteiger partial charge in [0.25, 0.3) is 0 Å². The first-order valence-electron chi connectivity index (χ1n) is 8.33. The van der Waals surface area contributed by atoms with Crippen LogP contribution in [0.25, 0.3) is 22.5 Å². The smallest absolute Gasteiger partial charge is 0.141 e. The number of halogens is 1. The van der Waals surface area contributed by atoms with E-state index < -0.39 is 0 Å². The number of nitrogens with one attached hydrogen (secondary N) is 1. The predicted octanol–water partition coefficient (Wildman–Crippen LogP) is 4.58. The maximum atomic E-state index is 5.48. The maximum Gasteiger partial charge on any atom is 0.141 e. The molecule has 0 radical (unpaired) electrons. The molecule has 0 amide bonds. The van der Waals surface area contributed by atoms with Gasteiger partial charge in [-0.1, -0.05) is 0 Å². The third-order valence-corrected chi connectivity index (χ3v) is 5.18. The SMILES string of the molecule is CNc1cc(-c2c(-c3cc(OC)c(Br)c(OC)c3)ncn2C)ccc1OC. The van der Waals surface area contributed by atoms with E-state index in [1.165, 1.54) is 0 Å². The molecular weight excluding hydrogens is 410 g/mol. The maximum absolute atomic E-state index is 5.48. The number of anilines is 1. The van der Waals surface area contributed by atoms with E-state index in [2.05, 4.69) is 26.2 Å². The summed E-state index contributed by atoms with van der Waals surface area (Å²) in [7, 11) is 8.76. The summed E-state index contributed by atoms with van der Waals surface area (Å²) in [6, 6.07) is 9.91. The average Bonchev–Trinajstić information content (AvgIpc) is 3.09. The molecule has 0 fully saturated rings. The van der Waals surface area contributed by atoms with E-state index in [-0.39, 0.29) is 0 Å². The van der Waals surface area contributed by atoms with Gasteiger partial charge in [0, 0.05) is 25.2 Å². The fraction of sp³-hybridized carbons (Fsp3) is 0.250. The third kappa shape index (κ3) is 3.47. The summed E-state index contributed by atoms with van der Waals surface area (Å²) in [6.45, 7) is 0. The Kier molecular flexibility index (Phi) is 5.60. The van der Waals surface area contributed by atoms with Crippen molar-refractivity contribution in [2.75, 3.05) is 33.7 Å². The van der Waals surface area contributed by atoms with Crippen molar-refractivity contribution in [2.45, 2.75) is 0 Å². The molecule has 0 aliphatic rings. The number of ether oxygens (including phenoxy) is 3. The van der Waals surface area contributed by atoms with Gasteiger partial charge in [-0.3, -0.25) is 0 Å². The number of benzene rings is 2. The third-order valence-electron chi connectivity index (χ3n) is 4.40. The zero-order valence-electron chi connectivity index (χ0n) is 16.0. The van der Waals surface area contributed by atoms with Gasteiger partial charge in [0.1, 0.15) is 21.7 Å². The van der Waals surface area contributed by atoms with Gasteiger partial charge < -0.3 is 24.1 Å². The molecule has 0 aliphatic heterocycles. The van der Waals surface area contributed by atoms with Crippen LogP contribution in [0.2, 0.25) is 0 Å². The van der Waals surface area contributed by atoms with Gasteiger partial charge in [-0.15, -0.1) is 0 Å². The second kappa shape index (κ2) is 7.92. The van der Waals surface area contributed by atoms with Crippen molar-refractivity contribution in [3.05, 3.63) is 41.1 Å². The van der Waals surface area contributed by atoms with Crippen LogP contribution in [-0.2, 0) is 7.05 Å². The molecule has 0 spiro atoms. The Labute approximate surface area is 167 Å². The summed E-state index contributed by atoms with van der Waals surface area (Å²) in [5.41, 5.74) is 4.67. The number of hydrogen-bond donors (Lipinski definition) is 1. The molecule has 0 atom stereocenters. The molecule has 6 nitrogen and oxygen atoms in total. The molecule has 7 heteroatoms. The van der Waals surface area contributed by atoms with Crippen LogP contribution in [0.5, 0.6) is 17.2 Å². The summed E-state index contributed by atoms with van der Waals surface area (Å²) in [6.07, 6.45) is 1.80. The van der Waals surface area contributed by atoms with Crippen LogP contribution in [0, 0.1) is 0 Å². The first kappa shape index (κ1) is 19.1. The van der Waals surface area contributed by atoms with Crippen molar-refractivity contribution in [1.82, 2.24) is 9.55 Å². The number of aromatic nitrogens is 2. The van der Waals surface area contributed by atoms with E-state index in [1.807, 2.05) is 49.0 Å². The van der Waals surface area contributed by atoms with Crippen molar-refractivity contribution >= 4 is 21.6 Å². The van der Waals surface area contributed by atoms with Gasteiger partial charge in [-0.05, 0) is 46.3 Å². The number of methoxy groups -OCH3 is 3. The monoisotopic (exact) mass is 431 g/mol. The molecule has 0 saturated carbocycles. The standard InChI is InChI=1S/C20H22BrN3O3/c1-22-14-8-12(6-7-15(14)25-3)20-19(23-11-24(20)2)13-9-16(26-4)18(21)17(10-13)27-5/h6-11,22H,1-5H3. The highest BCUT2D eigenvalue weighted by Crippen LogP contribution is 2.41. The Bertz CT molecular complexity index is 944. The number of nitrogens with zero attached hydrogens (tertiary/aromatic N) is 2. The van der Waals surface area contributed by atoms with Crippen LogP contribution in [0.15, 0.2) is 41.1 Å². The minimum atomic E-state index is 0.687. The number of rotatable bonds is 6. The normalized spacial score (nSPS) is 10.6. The Morgan fingerprint density at radius 3 is 2.11 bits per heavy atom. The summed E-state index contributed by atoms with van der Waals surface area (Å²) in [5, 5.41) is 3.17. The lowest BCUT2D eigenvalue weighted by atomic mass is 10.0. The van der Waals surface area contributed by atoms with E-state index in [1.54, 1.807) is 27.7 Å². The number of hydrogen-bond acceptors (Lipinski definition) is 5. The Morgan fingerprint density at radius 1 is 0.926 bits per heavy atom. The van der Waals surface area contributed by atoms with Crippen molar-refractivity contribution in [1.29, 1.82) is 0 Å². The molecule has 1 heterocycles. The zero-order chi connectivity index (χ0) is 19.6. The molecule has 1 N–H and O–H groups in total. The Hall–Kier alpha value is -2.67. The highest BCUT2D eigenvalue weighted by atomic mass is 79.9. The van der Waals surface area contributed by atoms with Gasteiger partial charge in [0.2, 0.25) is 0 Å². The minimum Gasteiger partial charge on any atom is -0.495 e. The topological polar surface area (TPSA) is 57.5 Å². The van der Waals surface area contributed by atoms with Gasteiger partial charge in [-0.2, -0.15) is 0 Å². The molecule has 0 saturated heterocycles. The van der Waals surface area contributed by atoms with Gasteiger partial charge in [-0.25, -0.2) is 4.98 Å². The second-order valence-corrected chi connectivity index (χ2v) is 6.71. The lowest BCUT2D eigenvalue weighted by Crippen LogP contribution is -1.97. The molecule has 2 aromatic carbocycles. The molecule has 1 aromatic heterocycles. The van der Waals surface area contributed by atoms with E-state index in [9.17, 15) is 0 Å². The van der Waals surface area contributed by atoms with Crippen LogP contribution in [0.4, 0.5) is 5.69 Å². The van der Waals surface area contributed by atoms with Crippen LogP contribution in [-0.4, -0.2) is 37.9 Å². The van der Waals surface area contributed by atoms with E-state index in [4.69, 9.17) is 14.2 Å². The molecule has 0 unspecified atom stereocenters. The molecule has 3 rings (SSSR count). The largest absolute Gasteiger partial charge is 0.495 e. The molecule has 27 heavy (non-hydrogen) atoms. The average molecular weight is 432 g/mol. The summed E-state index contributed by atoms with van der Waals surface area (Å²) in [4.78, 5) is 4.63. The van der Waals surface area contributed by atoms with Crippen LogP contribution < -0.4 is 19.5 Å². The number of aryl methyl sites for hydroxylation is 1. The molecular formula is C20H22BrN3O3. The summed E-state index contributed by atoms with van der Waals surface area (Å²) in [5.74, 6) is 2.16. The Morgan fingerprint density at radius 2 is 1.56 bits per heavy atom. The lowest BCUT2D eigenvalue weighted by molar-refractivity contribution is 0.390. The van der Waals surface area contributed by atoms with Crippen LogP contribution in [0.3, 0.4) is 0 Å². The Balaban J connectivity index is 2.19. The lowest BCUT2D eigenvalue weighted by Gasteiger charge is -2.14. The molecule has 0 aliphatic carbocycles. The van der Waals surface area contributed by atoms with Crippen molar-refractivity contribution < 1.29 is 14.2 Å². The van der Waals surface area contributed by atoms with Crippen molar-refractivity contribution in [3.8, 4) is 39.8 Å². The van der Waals surface area contributed by atoms with E-state index >= 15 is 0 Å². The summed E-state index contributed by atoms with van der Waals surface area (Å²) >= 11 is 3.51. The van der Waals surface area contributed by atoms with E-state index in [0.29, 0.717) is 11.5 Å². The predicted molar refractivity (Wildman–Crippen MR) is 111 cm³/mol. The van der Waals surface area contributed by atoms with Crippen LogP contribution in [0.1, 0.15) is 0 Å². The highest BCUT2D eigenvalue weighted by molar-refractivity contribution is 9.10. The van der Waals surface area contributed by atoms with Crippen molar-refractivity contribution in [2.24, 2.45) is 7.05 Å². The van der Waals surface area contributed by atoms with Gasteiger partial charge >= 0.3 is 0 Å². The molecule has 3 aromatic rings. The van der Waals surface area contributed by atoms with E-state index in [0.717, 1.165) is 38.4 Å². The van der Waals surface area contributed by atoms with Gasteiger partial charge in [0.05, 0.1) is 44.7 Å². The first-order valence-corrected chi connectivity index (χ1v) is 9.12. The molecule has 0 bridgehead atoms. The summed E-state index contributed by atoms with van der Waals surface area (Å²) < 4.78 is 19.1. The molecule has 142 valence electrons. The fourth-order valence-electron chi connectivity index (χ4n) is 3.04. The van der Waals surface area contributed by atoms with Crippen LogP contribution >= 0.6 is 15.9 Å². The van der Waals surface area contributed by atoms with Gasteiger partial charge in [0.15, 0.2) is 0 Å². The highest BCUT2D eigenvalue weighted by Gasteiger charge is 2.18. The minimum absolute atomic E-state index is 0.687. The quantitative estimate of drug-likeness (QED) is 0.618. The second-order valence-electron chi connectivity index (χ2n) is 5.91. The fourth-order valence-corrected chi connectivity index (χ4v) is 3.59. The zero-order valence-corrected chi connectivity index (χ0v) is 17.5. The van der Waals surface area contributed by atoms with Crippen molar-refractivity contribution in [3.63, 3.8) is 0 Å².